The number of amides is 2. The fraction of sp³-hybridized carbons (Fsp3) is 0.333. The lowest BCUT2D eigenvalue weighted by Gasteiger charge is -2.32. The van der Waals surface area contributed by atoms with E-state index in [9.17, 15) is 14.4 Å². The second-order valence-electron chi connectivity index (χ2n) is 10.5. The molecule has 5 rings (SSSR count). The number of imide groups is 1. The number of rotatable bonds is 7. The van der Waals surface area contributed by atoms with Crippen LogP contribution in [0, 0.1) is 18.8 Å². The van der Waals surface area contributed by atoms with Crippen molar-refractivity contribution in [2.75, 3.05) is 11.4 Å². The second kappa shape index (κ2) is 12.6. The van der Waals surface area contributed by atoms with Crippen LogP contribution >= 0.6 is 12.4 Å². The van der Waals surface area contributed by atoms with Gasteiger partial charge in [0.2, 0.25) is 5.91 Å². The number of halogens is 1. The summed E-state index contributed by atoms with van der Waals surface area (Å²) in [5.41, 5.74) is 17.1. The zero-order valence-corrected chi connectivity index (χ0v) is 23.2. The molecule has 2 aromatic carbocycles. The topological polar surface area (TPSA) is 151 Å². The summed E-state index contributed by atoms with van der Waals surface area (Å²) in [6, 6.07) is 13.9. The third-order valence-corrected chi connectivity index (χ3v) is 7.84. The summed E-state index contributed by atoms with van der Waals surface area (Å²) >= 11 is 0. The quantitative estimate of drug-likeness (QED) is 0.268. The molecule has 210 valence electrons. The van der Waals surface area contributed by atoms with E-state index in [2.05, 4.69) is 15.2 Å². The summed E-state index contributed by atoms with van der Waals surface area (Å²) in [6.07, 6.45) is 6.94. The van der Waals surface area contributed by atoms with Gasteiger partial charge in [-0.15, -0.1) is 12.4 Å². The zero-order chi connectivity index (χ0) is 27.5. The average Bonchev–Trinajstić information content (AvgIpc) is 3.33. The third kappa shape index (κ3) is 6.01. The van der Waals surface area contributed by atoms with Crippen LogP contribution in [0.25, 0.3) is 22.0 Å². The Kier molecular flexibility index (Phi) is 9.19. The van der Waals surface area contributed by atoms with Crippen molar-refractivity contribution < 1.29 is 9.59 Å². The van der Waals surface area contributed by atoms with Crippen LogP contribution in [0.5, 0.6) is 0 Å². The summed E-state index contributed by atoms with van der Waals surface area (Å²) < 4.78 is 0. The Morgan fingerprint density at radius 3 is 2.45 bits per heavy atom. The number of aromatic amines is 2. The highest BCUT2D eigenvalue weighted by atomic mass is 35.5. The van der Waals surface area contributed by atoms with E-state index in [1.165, 1.54) is 4.90 Å². The van der Waals surface area contributed by atoms with Crippen molar-refractivity contribution in [1.29, 1.82) is 0 Å². The molecular weight excluding hydrogens is 528 g/mol. The predicted molar refractivity (Wildman–Crippen MR) is 159 cm³/mol. The number of nitrogens with one attached hydrogen (secondary N) is 2. The highest BCUT2D eigenvalue weighted by Crippen LogP contribution is 2.32. The summed E-state index contributed by atoms with van der Waals surface area (Å²) in [5, 5.41) is 5.81. The van der Waals surface area contributed by atoms with Crippen molar-refractivity contribution in [2.45, 2.75) is 45.1 Å². The van der Waals surface area contributed by atoms with Crippen LogP contribution in [0.3, 0.4) is 0 Å². The van der Waals surface area contributed by atoms with Crippen molar-refractivity contribution in [1.82, 2.24) is 15.2 Å². The molecule has 1 aliphatic carbocycles. The van der Waals surface area contributed by atoms with E-state index in [0.717, 1.165) is 35.1 Å². The van der Waals surface area contributed by atoms with Crippen LogP contribution in [-0.4, -0.2) is 39.6 Å². The number of benzene rings is 2. The Morgan fingerprint density at radius 1 is 1.05 bits per heavy atom. The number of carbonyl (C=O) groups excluding carboxylic acids is 2. The van der Waals surface area contributed by atoms with Gasteiger partial charge in [0.15, 0.2) is 0 Å². The van der Waals surface area contributed by atoms with Crippen molar-refractivity contribution in [2.24, 2.45) is 23.3 Å². The molecule has 0 unspecified atom stereocenters. The van der Waals surface area contributed by atoms with Gasteiger partial charge in [-0.3, -0.25) is 29.6 Å². The lowest BCUT2D eigenvalue weighted by molar-refractivity contribution is -0.130. The first-order valence-corrected chi connectivity index (χ1v) is 13.4. The van der Waals surface area contributed by atoms with Crippen LogP contribution in [0.2, 0.25) is 0 Å². The van der Waals surface area contributed by atoms with Crippen LogP contribution < -0.4 is 21.9 Å². The maximum Gasteiger partial charge on any atom is 0.271 e. The molecule has 4 aromatic rings. The van der Waals surface area contributed by atoms with Crippen LogP contribution in [0.4, 0.5) is 5.69 Å². The molecule has 1 atom stereocenters. The number of aryl methyl sites for hydroxylation is 1. The molecule has 6 N–H and O–H groups in total. The van der Waals surface area contributed by atoms with Crippen LogP contribution in [-0.2, 0) is 16.0 Å². The first kappa shape index (κ1) is 29.2. The highest BCUT2D eigenvalue weighted by Gasteiger charge is 2.35. The summed E-state index contributed by atoms with van der Waals surface area (Å²) in [5.74, 6) is -0.604. The fourth-order valence-electron chi connectivity index (χ4n) is 5.48. The Hall–Kier alpha value is -3.79. The maximum absolute atomic E-state index is 13.8. The standard InChI is InChI=1S/C30H34N6O3.ClH/c1-18-17-33-13-12-24(18)21-6-2-19(3-7-21)14-26(32)30(39)36(29(38)22-8-4-20(16-31)5-9-22)23-10-11-25-27(15-23)34-35-28(25)37;/h2-3,6-7,10-13,15,17,20,22,26H,4-5,8-9,14,16,31-32H2,1H3,(H2,34,35,37);1H/t20?,22?,26-;/m0./s1. The van der Waals surface area contributed by atoms with Crippen LogP contribution in [0.15, 0.2) is 65.7 Å². The second-order valence-corrected chi connectivity index (χ2v) is 10.5. The average molecular weight is 563 g/mol. The molecule has 0 spiro atoms. The molecule has 0 aliphatic heterocycles. The third-order valence-electron chi connectivity index (χ3n) is 7.84. The van der Waals surface area contributed by atoms with Gasteiger partial charge in [0.25, 0.3) is 11.5 Å². The van der Waals surface area contributed by atoms with Crippen molar-refractivity contribution in [3.63, 3.8) is 0 Å². The minimum atomic E-state index is -0.927. The number of anilines is 1. The molecule has 40 heavy (non-hydrogen) atoms. The monoisotopic (exact) mass is 562 g/mol. The van der Waals surface area contributed by atoms with E-state index in [1.54, 1.807) is 24.4 Å². The van der Waals surface area contributed by atoms with Gasteiger partial charge >= 0.3 is 0 Å². The van der Waals surface area contributed by atoms with E-state index >= 15 is 0 Å². The minimum Gasteiger partial charge on any atom is -0.330 e. The molecular formula is C30H35ClN6O3. The number of nitrogens with two attached hydrogens (primary N) is 2. The largest absolute Gasteiger partial charge is 0.330 e. The SMILES string of the molecule is Cc1cnccc1-c1ccc(C[C@H](N)C(=O)N(C(=O)C2CCC(CN)CC2)c2ccc3c(=O)[nH][nH]c3c2)cc1.Cl. The van der Waals surface area contributed by atoms with Gasteiger partial charge in [-0.05, 0) is 98.0 Å². The van der Waals surface area contributed by atoms with Gasteiger partial charge in [-0.2, -0.15) is 0 Å². The number of pyridine rings is 1. The number of hydrogen-bond acceptors (Lipinski definition) is 6. The molecule has 0 radical (unpaired) electrons. The smallest absolute Gasteiger partial charge is 0.271 e. The van der Waals surface area contributed by atoms with Crippen molar-refractivity contribution in [3.8, 4) is 11.1 Å². The number of hydrogen-bond donors (Lipinski definition) is 4. The normalized spacial score (nSPS) is 17.7. The van der Waals surface area contributed by atoms with E-state index in [1.807, 2.05) is 43.5 Å². The lowest BCUT2D eigenvalue weighted by atomic mass is 9.81. The summed E-state index contributed by atoms with van der Waals surface area (Å²) in [7, 11) is 0. The molecule has 2 amide bonds. The van der Waals surface area contributed by atoms with E-state index < -0.39 is 11.9 Å². The van der Waals surface area contributed by atoms with Gasteiger partial charge in [-0.1, -0.05) is 24.3 Å². The number of H-pyrrole nitrogens is 2. The van der Waals surface area contributed by atoms with Gasteiger partial charge in [0, 0.05) is 18.3 Å². The number of carbonyl (C=O) groups is 2. The number of fused-ring (bicyclic) bond motifs is 1. The van der Waals surface area contributed by atoms with E-state index in [0.29, 0.717) is 41.9 Å². The highest BCUT2D eigenvalue weighted by molar-refractivity contribution is 6.17. The Bertz CT molecular complexity index is 1540. The molecule has 2 heterocycles. The molecule has 0 saturated heterocycles. The summed E-state index contributed by atoms with van der Waals surface area (Å²) in [6.45, 7) is 2.62. The molecule has 0 bridgehead atoms. The Labute approximate surface area is 238 Å². The summed E-state index contributed by atoms with van der Waals surface area (Å²) in [4.78, 5) is 45.0. The van der Waals surface area contributed by atoms with Gasteiger partial charge < -0.3 is 11.5 Å². The number of aromatic nitrogens is 3. The van der Waals surface area contributed by atoms with Gasteiger partial charge in [0.1, 0.15) is 0 Å². The van der Waals surface area contributed by atoms with E-state index in [-0.39, 0.29) is 36.2 Å². The number of nitrogens with zero attached hydrogens (tertiary/aromatic N) is 2. The molecule has 10 heteroatoms. The molecule has 2 aromatic heterocycles. The first-order chi connectivity index (χ1) is 18.9. The molecule has 9 nitrogen and oxygen atoms in total. The predicted octanol–water partition coefficient (Wildman–Crippen LogP) is 3.84. The van der Waals surface area contributed by atoms with Gasteiger partial charge in [-0.25, -0.2) is 4.90 Å². The van der Waals surface area contributed by atoms with Gasteiger partial charge in [0.05, 0.1) is 22.6 Å². The van der Waals surface area contributed by atoms with Crippen molar-refractivity contribution >= 4 is 40.8 Å². The molecule has 1 fully saturated rings. The van der Waals surface area contributed by atoms with E-state index in [4.69, 9.17) is 11.5 Å². The first-order valence-electron chi connectivity index (χ1n) is 13.4. The lowest BCUT2D eigenvalue weighted by Crippen LogP contribution is -2.50. The molecule has 1 aliphatic rings. The Balaban J connectivity index is 0.00000370. The Morgan fingerprint density at radius 2 is 1.77 bits per heavy atom. The van der Waals surface area contributed by atoms with Crippen LogP contribution in [0.1, 0.15) is 36.8 Å². The molecule has 1 saturated carbocycles. The zero-order valence-electron chi connectivity index (χ0n) is 22.4. The minimum absolute atomic E-state index is 0. The van der Waals surface area contributed by atoms with Crippen molar-refractivity contribution in [3.05, 3.63) is 82.4 Å². The fourth-order valence-corrected chi connectivity index (χ4v) is 5.48. The maximum atomic E-state index is 13.8.